The van der Waals surface area contributed by atoms with Gasteiger partial charge in [0.2, 0.25) is 0 Å². The zero-order chi connectivity index (χ0) is 23.5. The summed E-state index contributed by atoms with van der Waals surface area (Å²) >= 11 is 0. The lowest BCUT2D eigenvalue weighted by Gasteiger charge is -2.36. The fraction of sp³-hybridized carbons (Fsp3) is 0.500. The number of aromatic nitrogens is 1. The van der Waals surface area contributed by atoms with Gasteiger partial charge in [0.1, 0.15) is 18.7 Å². The Kier molecular flexibility index (Phi) is 7.37. The van der Waals surface area contributed by atoms with Gasteiger partial charge in [0, 0.05) is 35.6 Å². The summed E-state index contributed by atoms with van der Waals surface area (Å²) in [4.78, 5) is 11.6. The standard InChI is InChI=1S/C24H34FN3O3Si/c1-24(2,3)32(6,7)31-16-17-9-8-10-21(22(17)25)18-11-19(15-29-4)23(26-12-18)28-13-20(14-28)27-30-5/h8-12H,13-16H2,1-7H3. The van der Waals surface area contributed by atoms with Crippen molar-refractivity contribution in [1.82, 2.24) is 4.98 Å². The highest BCUT2D eigenvalue weighted by atomic mass is 28.4. The quantitative estimate of drug-likeness (QED) is 0.392. The molecule has 3 rings (SSSR count). The first kappa shape index (κ1) is 24.4. The minimum atomic E-state index is -1.98. The van der Waals surface area contributed by atoms with E-state index in [4.69, 9.17) is 14.0 Å². The van der Waals surface area contributed by atoms with Crippen molar-refractivity contribution in [3.63, 3.8) is 0 Å². The second kappa shape index (κ2) is 9.68. The molecule has 174 valence electrons. The van der Waals surface area contributed by atoms with Crippen LogP contribution in [0.2, 0.25) is 18.1 Å². The fourth-order valence-corrected chi connectivity index (χ4v) is 4.27. The number of methoxy groups -OCH3 is 1. The maximum atomic E-state index is 15.5. The van der Waals surface area contributed by atoms with E-state index in [0.29, 0.717) is 30.8 Å². The Labute approximate surface area is 191 Å². The fourth-order valence-electron chi connectivity index (χ4n) is 3.32. The third-order valence-corrected chi connectivity index (χ3v) is 10.8. The molecule has 0 saturated carbocycles. The number of ether oxygens (including phenoxy) is 1. The molecule has 8 heteroatoms. The Balaban J connectivity index is 1.86. The SMILES string of the molecule is COCc1cc(-c2cccc(CO[Si](C)(C)C(C)(C)C)c2F)cnc1N1CC(=NOC)C1. The molecule has 6 nitrogen and oxygen atoms in total. The summed E-state index contributed by atoms with van der Waals surface area (Å²) in [6.07, 6.45) is 1.72. The van der Waals surface area contributed by atoms with Gasteiger partial charge in [-0.3, -0.25) is 0 Å². The summed E-state index contributed by atoms with van der Waals surface area (Å²) in [5.41, 5.74) is 3.67. The van der Waals surface area contributed by atoms with Crippen LogP contribution in [0.15, 0.2) is 35.6 Å². The van der Waals surface area contributed by atoms with E-state index in [9.17, 15) is 0 Å². The van der Waals surface area contributed by atoms with E-state index in [1.807, 2.05) is 12.1 Å². The van der Waals surface area contributed by atoms with Crippen LogP contribution in [0.1, 0.15) is 31.9 Å². The van der Waals surface area contributed by atoms with Crippen LogP contribution in [0.5, 0.6) is 0 Å². The third kappa shape index (κ3) is 5.19. The Morgan fingerprint density at radius 1 is 1.12 bits per heavy atom. The van der Waals surface area contributed by atoms with Gasteiger partial charge in [-0.1, -0.05) is 44.1 Å². The van der Waals surface area contributed by atoms with Crippen molar-refractivity contribution in [2.75, 3.05) is 32.2 Å². The normalized spacial score (nSPS) is 14.4. The van der Waals surface area contributed by atoms with Gasteiger partial charge in [0.25, 0.3) is 0 Å². The molecule has 1 aromatic heterocycles. The van der Waals surface area contributed by atoms with Crippen molar-refractivity contribution in [3.05, 3.63) is 47.4 Å². The molecule has 1 saturated heterocycles. The predicted octanol–water partition coefficient (Wildman–Crippen LogP) is 5.38. The highest BCUT2D eigenvalue weighted by Gasteiger charge is 2.37. The molecule has 0 unspecified atom stereocenters. The van der Waals surface area contributed by atoms with E-state index in [2.05, 4.69) is 48.9 Å². The van der Waals surface area contributed by atoms with Crippen molar-refractivity contribution in [2.24, 2.45) is 5.16 Å². The van der Waals surface area contributed by atoms with Crippen molar-refractivity contribution in [3.8, 4) is 11.1 Å². The number of benzene rings is 1. The van der Waals surface area contributed by atoms with Crippen molar-refractivity contribution < 1.29 is 18.4 Å². The molecule has 32 heavy (non-hydrogen) atoms. The monoisotopic (exact) mass is 459 g/mol. The topological polar surface area (TPSA) is 56.2 Å². The molecule has 1 aromatic carbocycles. The van der Waals surface area contributed by atoms with Crippen LogP contribution >= 0.6 is 0 Å². The molecule has 0 radical (unpaired) electrons. The average molecular weight is 460 g/mol. The summed E-state index contributed by atoms with van der Waals surface area (Å²) in [6, 6.07) is 7.40. The lowest BCUT2D eigenvalue weighted by atomic mass is 10.0. The third-order valence-electron chi connectivity index (χ3n) is 6.29. The minimum absolute atomic E-state index is 0.0700. The number of anilines is 1. The van der Waals surface area contributed by atoms with Crippen LogP contribution in [-0.4, -0.2) is 46.3 Å². The number of halogens is 1. The highest BCUT2D eigenvalue weighted by Crippen LogP contribution is 2.37. The first-order chi connectivity index (χ1) is 15.1. The predicted molar refractivity (Wildman–Crippen MR) is 129 cm³/mol. The Morgan fingerprint density at radius 2 is 1.84 bits per heavy atom. The van der Waals surface area contributed by atoms with Crippen LogP contribution in [0.3, 0.4) is 0 Å². The summed E-state index contributed by atoms with van der Waals surface area (Å²) in [5.74, 6) is 0.561. The molecule has 0 atom stereocenters. The molecule has 0 N–H and O–H groups in total. The molecular formula is C24H34FN3O3Si. The number of nitrogens with zero attached hydrogens (tertiary/aromatic N) is 3. The molecule has 0 spiro atoms. The largest absolute Gasteiger partial charge is 0.412 e. The molecule has 2 heterocycles. The van der Waals surface area contributed by atoms with E-state index in [-0.39, 0.29) is 17.5 Å². The first-order valence-electron chi connectivity index (χ1n) is 10.8. The van der Waals surface area contributed by atoms with E-state index >= 15 is 4.39 Å². The van der Waals surface area contributed by atoms with Crippen molar-refractivity contribution >= 4 is 19.8 Å². The number of hydrogen-bond acceptors (Lipinski definition) is 6. The number of hydrogen-bond donors (Lipinski definition) is 0. The molecular weight excluding hydrogens is 425 g/mol. The Hall–Kier alpha value is -2.29. The van der Waals surface area contributed by atoms with Crippen LogP contribution in [0, 0.1) is 5.82 Å². The lowest BCUT2D eigenvalue weighted by Crippen LogP contribution is -2.48. The molecule has 1 aliphatic heterocycles. The van der Waals surface area contributed by atoms with Crippen LogP contribution < -0.4 is 4.90 Å². The van der Waals surface area contributed by atoms with Crippen LogP contribution in [-0.2, 0) is 27.2 Å². The lowest BCUT2D eigenvalue weighted by molar-refractivity contribution is 0.185. The molecule has 0 aliphatic carbocycles. The van der Waals surface area contributed by atoms with Crippen molar-refractivity contribution in [2.45, 2.75) is 52.1 Å². The first-order valence-corrected chi connectivity index (χ1v) is 13.7. The zero-order valence-corrected chi connectivity index (χ0v) is 21.2. The van der Waals surface area contributed by atoms with Crippen LogP contribution in [0.4, 0.5) is 10.2 Å². The number of oxime groups is 1. The molecule has 1 aliphatic rings. The number of rotatable bonds is 8. The van der Waals surface area contributed by atoms with Gasteiger partial charge in [0.05, 0.1) is 32.0 Å². The van der Waals surface area contributed by atoms with E-state index in [1.165, 1.54) is 0 Å². The number of pyridine rings is 1. The van der Waals surface area contributed by atoms with Gasteiger partial charge < -0.3 is 18.9 Å². The Morgan fingerprint density at radius 3 is 2.47 bits per heavy atom. The van der Waals surface area contributed by atoms with Crippen molar-refractivity contribution in [1.29, 1.82) is 0 Å². The van der Waals surface area contributed by atoms with Gasteiger partial charge in [-0.15, -0.1) is 0 Å². The van der Waals surface area contributed by atoms with Gasteiger partial charge in [0.15, 0.2) is 8.32 Å². The molecule has 1 fully saturated rings. The zero-order valence-electron chi connectivity index (χ0n) is 20.2. The maximum Gasteiger partial charge on any atom is 0.192 e. The maximum absolute atomic E-state index is 15.5. The molecule has 0 bridgehead atoms. The van der Waals surface area contributed by atoms with Gasteiger partial charge in [-0.2, -0.15) is 0 Å². The van der Waals surface area contributed by atoms with E-state index in [0.717, 1.165) is 22.7 Å². The minimum Gasteiger partial charge on any atom is -0.412 e. The Bertz CT molecular complexity index is 981. The molecule has 2 aromatic rings. The summed E-state index contributed by atoms with van der Waals surface area (Å²) < 4.78 is 27.1. The highest BCUT2D eigenvalue weighted by molar-refractivity contribution is 6.74. The summed E-state index contributed by atoms with van der Waals surface area (Å²) in [5, 5.41) is 4.04. The second-order valence-corrected chi connectivity index (χ2v) is 14.5. The van der Waals surface area contributed by atoms with Crippen LogP contribution in [0.25, 0.3) is 11.1 Å². The summed E-state index contributed by atoms with van der Waals surface area (Å²) in [7, 11) is 1.21. The smallest absolute Gasteiger partial charge is 0.192 e. The van der Waals surface area contributed by atoms with E-state index < -0.39 is 8.32 Å². The van der Waals surface area contributed by atoms with E-state index in [1.54, 1.807) is 32.5 Å². The summed E-state index contributed by atoms with van der Waals surface area (Å²) in [6.45, 7) is 12.9. The average Bonchev–Trinajstić information content (AvgIpc) is 2.69. The van der Waals surface area contributed by atoms with Gasteiger partial charge in [-0.05, 0) is 24.2 Å². The second-order valence-electron chi connectivity index (χ2n) is 9.66. The van der Waals surface area contributed by atoms with Gasteiger partial charge in [-0.25, -0.2) is 9.37 Å². The van der Waals surface area contributed by atoms with Gasteiger partial charge >= 0.3 is 0 Å². The molecule has 0 amide bonds.